The Balaban J connectivity index is 1.77. The predicted octanol–water partition coefficient (Wildman–Crippen LogP) is 1.56. The summed E-state index contributed by atoms with van der Waals surface area (Å²) in [5.41, 5.74) is 1.35. The van der Waals surface area contributed by atoms with Crippen LogP contribution in [0.4, 0.5) is 0 Å². The molecule has 6 heteroatoms. The summed E-state index contributed by atoms with van der Waals surface area (Å²) >= 11 is 0. The first kappa shape index (κ1) is 15.5. The van der Waals surface area contributed by atoms with Crippen molar-refractivity contribution in [2.24, 2.45) is 0 Å². The molecule has 0 atom stereocenters. The van der Waals surface area contributed by atoms with E-state index in [9.17, 15) is 9.59 Å². The van der Waals surface area contributed by atoms with Gasteiger partial charge in [0, 0.05) is 12.7 Å². The van der Waals surface area contributed by atoms with Crippen molar-refractivity contribution in [3.05, 3.63) is 59.9 Å². The minimum atomic E-state index is -0.388. The third-order valence-corrected chi connectivity index (χ3v) is 2.87. The first-order valence-corrected chi connectivity index (χ1v) is 6.66. The fraction of sp³-hybridized carbons (Fsp3) is 0.188. The van der Waals surface area contributed by atoms with Crippen LogP contribution in [-0.4, -0.2) is 30.6 Å². The summed E-state index contributed by atoms with van der Waals surface area (Å²) < 4.78 is 9.90. The molecule has 22 heavy (non-hydrogen) atoms. The van der Waals surface area contributed by atoms with Crippen LogP contribution in [0, 0.1) is 0 Å². The van der Waals surface area contributed by atoms with Gasteiger partial charge in [-0.3, -0.25) is 9.78 Å². The van der Waals surface area contributed by atoms with E-state index in [4.69, 9.17) is 4.74 Å². The molecular formula is C16H16N2O4. The Labute approximate surface area is 128 Å². The van der Waals surface area contributed by atoms with E-state index < -0.39 is 0 Å². The second-order valence-electron chi connectivity index (χ2n) is 4.44. The number of pyridine rings is 1. The summed E-state index contributed by atoms with van der Waals surface area (Å²) in [4.78, 5) is 26.9. The van der Waals surface area contributed by atoms with Crippen LogP contribution < -0.4 is 10.1 Å². The molecule has 1 N–H and O–H groups in total. The van der Waals surface area contributed by atoms with Gasteiger partial charge in [0.05, 0.1) is 18.9 Å². The summed E-state index contributed by atoms with van der Waals surface area (Å²) in [6.07, 6.45) is 3.17. The Morgan fingerprint density at radius 1 is 1.18 bits per heavy atom. The maximum atomic E-state index is 11.7. The lowest BCUT2D eigenvalue weighted by Crippen LogP contribution is -2.28. The topological polar surface area (TPSA) is 77.5 Å². The highest BCUT2D eigenvalue weighted by Crippen LogP contribution is 2.07. The quantitative estimate of drug-likeness (QED) is 0.819. The Kier molecular flexibility index (Phi) is 5.48. The number of nitrogens with one attached hydrogen (secondary N) is 1. The molecule has 1 aromatic heterocycles. The number of hydrogen-bond donors (Lipinski definition) is 1. The molecule has 2 aromatic rings. The van der Waals surface area contributed by atoms with Gasteiger partial charge in [0.2, 0.25) is 0 Å². The Morgan fingerprint density at radius 3 is 2.59 bits per heavy atom. The van der Waals surface area contributed by atoms with Crippen LogP contribution in [0.2, 0.25) is 0 Å². The van der Waals surface area contributed by atoms with Crippen LogP contribution >= 0.6 is 0 Å². The second-order valence-corrected chi connectivity index (χ2v) is 4.44. The largest absolute Gasteiger partial charge is 0.482 e. The minimum Gasteiger partial charge on any atom is -0.482 e. The van der Waals surface area contributed by atoms with E-state index >= 15 is 0 Å². The highest BCUT2D eigenvalue weighted by molar-refractivity contribution is 5.89. The van der Waals surface area contributed by atoms with Crippen molar-refractivity contribution in [2.75, 3.05) is 13.7 Å². The molecule has 0 saturated heterocycles. The van der Waals surface area contributed by atoms with Gasteiger partial charge in [-0.2, -0.15) is 0 Å². The number of nitrogens with zero attached hydrogens (tertiary/aromatic N) is 1. The summed E-state index contributed by atoms with van der Waals surface area (Å²) in [7, 11) is 1.33. The zero-order chi connectivity index (χ0) is 15.8. The molecule has 2 rings (SSSR count). The molecule has 6 nitrogen and oxygen atoms in total. The summed E-state index contributed by atoms with van der Waals surface area (Å²) in [6, 6.07) is 10.3. The standard InChI is InChI=1S/C16H16N2O4/c1-21-16(20)13-6-4-12(5-7-13)9-18-15(19)11-22-14-3-2-8-17-10-14/h2-8,10H,9,11H2,1H3,(H,18,19). The SMILES string of the molecule is COC(=O)c1ccc(CNC(=O)COc2cccnc2)cc1. The summed E-state index contributed by atoms with van der Waals surface area (Å²) in [5, 5.41) is 2.73. The summed E-state index contributed by atoms with van der Waals surface area (Å²) in [5.74, 6) is -0.0820. The number of carbonyl (C=O) groups excluding carboxylic acids is 2. The molecule has 0 radical (unpaired) electrons. The third kappa shape index (κ3) is 4.59. The maximum Gasteiger partial charge on any atom is 0.337 e. The first-order chi connectivity index (χ1) is 10.7. The molecule has 1 amide bonds. The number of esters is 1. The van der Waals surface area contributed by atoms with Crippen LogP contribution in [-0.2, 0) is 16.1 Å². The number of hydrogen-bond acceptors (Lipinski definition) is 5. The van der Waals surface area contributed by atoms with Gasteiger partial charge in [-0.15, -0.1) is 0 Å². The number of carbonyl (C=O) groups is 2. The lowest BCUT2D eigenvalue weighted by Gasteiger charge is -2.07. The fourth-order valence-electron chi connectivity index (χ4n) is 1.71. The average Bonchev–Trinajstić information content (AvgIpc) is 2.58. The molecule has 114 valence electrons. The monoisotopic (exact) mass is 300 g/mol. The number of rotatable bonds is 6. The molecule has 0 fully saturated rings. The van der Waals surface area contributed by atoms with E-state index in [1.807, 2.05) is 0 Å². The van der Waals surface area contributed by atoms with Crippen molar-refractivity contribution in [3.63, 3.8) is 0 Å². The van der Waals surface area contributed by atoms with Gasteiger partial charge in [0.1, 0.15) is 5.75 Å². The zero-order valence-electron chi connectivity index (χ0n) is 12.1. The molecule has 0 aliphatic rings. The van der Waals surface area contributed by atoms with Crippen LogP contribution in [0.1, 0.15) is 15.9 Å². The van der Waals surface area contributed by atoms with Crippen LogP contribution in [0.25, 0.3) is 0 Å². The lowest BCUT2D eigenvalue weighted by molar-refractivity contribution is -0.123. The number of methoxy groups -OCH3 is 1. The van der Waals surface area contributed by atoms with Crippen molar-refractivity contribution in [2.45, 2.75) is 6.54 Å². The number of amides is 1. The molecular weight excluding hydrogens is 284 g/mol. The zero-order valence-corrected chi connectivity index (χ0v) is 12.1. The van der Waals surface area contributed by atoms with Gasteiger partial charge in [0.15, 0.2) is 6.61 Å². The first-order valence-electron chi connectivity index (χ1n) is 6.66. The predicted molar refractivity (Wildman–Crippen MR) is 79.4 cm³/mol. The maximum absolute atomic E-state index is 11.7. The van der Waals surface area contributed by atoms with Crippen molar-refractivity contribution in [3.8, 4) is 5.75 Å². The van der Waals surface area contributed by atoms with E-state index in [1.54, 1.807) is 48.8 Å². The highest BCUT2D eigenvalue weighted by atomic mass is 16.5. The van der Waals surface area contributed by atoms with Crippen molar-refractivity contribution in [1.29, 1.82) is 0 Å². The van der Waals surface area contributed by atoms with E-state index in [1.165, 1.54) is 7.11 Å². The van der Waals surface area contributed by atoms with Crippen LogP contribution in [0.15, 0.2) is 48.8 Å². The third-order valence-electron chi connectivity index (χ3n) is 2.87. The van der Waals surface area contributed by atoms with E-state index in [0.29, 0.717) is 17.9 Å². The van der Waals surface area contributed by atoms with Gasteiger partial charge in [-0.05, 0) is 29.8 Å². The lowest BCUT2D eigenvalue weighted by atomic mass is 10.1. The number of ether oxygens (including phenoxy) is 2. The van der Waals surface area contributed by atoms with Gasteiger partial charge >= 0.3 is 5.97 Å². The Bertz CT molecular complexity index is 626. The van der Waals surface area contributed by atoms with Crippen molar-refractivity contribution >= 4 is 11.9 Å². The van der Waals surface area contributed by atoms with Gasteiger partial charge in [-0.1, -0.05) is 12.1 Å². The molecule has 0 saturated carbocycles. The Morgan fingerprint density at radius 2 is 1.95 bits per heavy atom. The molecule has 1 heterocycles. The Hall–Kier alpha value is -2.89. The smallest absolute Gasteiger partial charge is 0.337 e. The van der Waals surface area contributed by atoms with Crippen molar-refractivity contribution < 1.29 is 19.1 Å². The average molecular weight is 300 g/mol. The van der Waals surface area contributed by atoms with Gasteiger partial charge in [-0.25, -0.2) is 4.79 Å². The van der Waals surface area contributed by atoms with Crippen LogP contribution in [0.5, 0.6) is 5.75 Å². The van der Waals surface area contributed by atoms with E-state index in [0.717, 1.165) is 5.56 Å². The summed E-state index contributed by atoms with van der Waals surface area (Å²) in [6.45, 7) is 0.280. The molecule has 0 spiro atoms. The number of aromatic nitrogens is 1. The highest BCUT2D eigenvalue weighted by Gasteiger charge is 2.06. The van der Waals surface area contributed by atoms with Gasteiger partial charge < -0.3 is 14.8 Å². The molecule has 0 aliphatic heterocycles. The van der Waals surface area contributed by atoms with Crippen LogP contribution in [0.3, 0.4) is 0 Å². The minimum absolute atomic E-state index is 0.0774. The van der Waals surface area contributed by atoms with E-state index in [2.05, 4.69) is 15.0 Å². The molecule has 0 bridgehead atoms. The van der Waals surface area contributed by atoms with Crippen molar-refractivity contribution in [1.82, 2.24) is 10.3 Å². The molecule has 1 aromatic carbocycles. The second kappa shape index (κ2) is 7.78. The van der Waals surface area contributed by atoms with E-state index in [-0.39, 0.29) is 18.5 Å². The molecule has 0 aliphatic carbocycles. The normalized spacial score (nSPS) is 9.86. The van der Waals surface area contributed by atoms with Gasteiger partial charge in [0.25, 0.3) is 5.91 Å². The fourth-order valence-corrected chi connectivity index (χ4v) is 1.71. The molecule has 0 unspecified atom stereocenters. The number of benzene rings is 1.